The Balaban J connectivity index is 1.41. The van der Waals surface area contributed by atoms with Crippen LogP contribution in [0, 0.1) is 18.8 Å². The first kappa shape index (κ1) is 19.0. The lowest BCUT2D eigenvalue weighted by molar-refractivity contribution is -0.117. The molecule has 0 radical (unpaired) electrons. The van der Waals surface area contributed by atoms with E-state index in [9.17, 15) is 9.59 Å². The lowest BCUT2D eigenvalue weighted by atomic mass is 9.80. The summed E-state index contributed by atoms with van der Waals surface area (Å²) in [5.74, 6) is 1.65. The molecule has 1 N–H and O–H groups in total. The first-order valence-electron chi connectivity index (χ1n) is 10.9. The highest BCUT2D eigenvalue weighted by Gasteiger charge is 2.29. The number of rotatable bonds is 6. The number of aromatic nitrogens is 1. The van der Waals surface area contributed by atoms with Gasteiger partial charge in [-0.25, -0.2) is 4.98 Å². The van der Waals surface area contributed by atoms with Gasteiger partial charge in [0, 0.05) is 29.5 Å². The Labute approximate surface area is 176 Å². The molecular weight excluding hydrogens is 372 g/mol. The second kappa shape index (κ2) is 7.67. The lowest BCUT2D eigenvalue weighted by Crippen LogP contribution is -2.16. The van der Waals surface area contributed by atoms with Crippen molar-refractivity contribution in [1.82, 2.24) is 4.98 Å². The van der Waals surface area contributed by atoms with Gasteiger partial charge in [-0.15, -0.1) is 0 Å². The van der Waals surface area contributed by atoms with Gasteiger partial charge in [0.05, 0.1) is 0 Å². The number of benzene rings is 2. The molecule has 0 unspecified atom stereocenters. The molecule has 4 heteroatoms. The van der Waals surface area contributed by atoms with E-state index < -0.39 is 0 Å². The summed E-state index contributed by atoms with van der Waals surface area (Å²) < 4.78 is 0. The van der Waals surface area contributed by atoms with E-state index in [1.165, 1.54) is 19.3 Å². The number of hydrogen-bond donors (Lipinski definition) is 1. The van der Waals surface area contributed by atoms with Crippen molar-refractivity contribution in [3.05, 3.63) is 59.8 Å². The zero-order valence-electron chi connectivity index (χ0n) is 17.3. The van der Waals surface area contributed by atoms with Crippen LogP contribution in [0.1, 0.15) is 54.4 Å². The predicted molar refractivity (Wildman–Crippen MR) is 120 cm³/mol. The molecule has 5 rings (SSSR count). The van der Waals surface area contributed by atoms with Crippen molar-refractivity contribution in [3.8, 4) is 11.1 Å². The summed E-state index contributed by atoms with van der Waals surface area (Å²) in [5.41, 5.74) is 4.12. The van der Waals surface area contributed by atoms with Crippen molar-refractivity contribution in [2.75, 3.05) is 5.32 Å². The number of anilines is 1. The number of ketones is 1. The van der Waals surface area contributed by atoms with Crippen molar-refractivity contribution >= 4 is 28.3 Å². The van der Waals surface area contributed by atoms with E-state index in [0.717, 1.165) is 45.9 Å². The SMILES string of the molecule is Cc1ccc(C(=O)CC2CCC2)cc1-c1ccc2cc(NC(=O)C3CC3)ncc2c1. The van der Waals surface area contributed by atoms with Gasteiger partial charge in [-0.05, 0) is 66.0 Å². The molecule has 1 aromatic heterocycles. The molecule has 2 aliphatic rings. The summed E-state index contributed by atoms with van der Waals surface area (Å²) in [7, 11) is 0. The average molecular weight is 399 g/mol. The van der Waals surface area contributed by atoms with Crippen LogP contribution in [-0.4, -0.2) is 16.7 Å². The topological polar surface area (TPSA) is 59.1 Å². The van der Waals surface area contributed by atoms with Gasteiger partial charge in [-0.2, -0.15) is 0 Å². The molecule has 3 aromatic rings. The number of nitrogens with zero attached hydrogens (tertiary/aromatic N) is 1. The molecule has 0 bridgehead atoms. The van der Waals surface area contributed by atoms with E-state index in [2.05, 4.69) is 35.4 Å². The number of carbonyl (C=O) groups is 2. The van der Waals surface area contributed by atoms with Gasteiger partial charge >= 0.3 is 0 Å². The summed E-state index contributed by atoms with van der Waals surface area (Å²) in [6.07, 6.45) is 8.06. The van der Waals surface area contributed by atoms with Gasteiger partial charge in [0.2, 0.25) is 5.91 Å². The molecule has 1 amide bonds. The maximum atomic E-state index is 12.7. The summed E-state index contributed by atoms with van der Waals surface area (Å²) in [6, 6.07) is 14.2. The third kappa shape index (κ3) is 3.87. The van der Waals surface area contributed by atoms with E-state index in [4.69, 9.17) is 0 Å². The molecule has 30 heavy (non-hydrogen) atoms. The Morgan fingerprint density at radius 2 is 1.83 bits per heavy atom. The molecule has 2 saturated carbocycles. The monoisotopic (exact) mass is 398 g/mol. The zero-order valence-corrected chi connectivity index (χ0v) is 17.3. The van der Waals surface area contributed by atoms with Gasteiger partial charge in [0.25, 0.3) is 0 Å². The van der Waals surface area contributed by atoms with Crippen molar-refractivity contribution in [2.24, 2.45) is 11.8 Å². The van der Waals surface area contributed by atoms with Gasteiger partial charge in [0.1, 0.15) is 5.82 Å². The molecule has 1 heterocycles. The zero-order chi connectivity index (χ0) is 20.7. The van der Waals surface area contributed by atoms with Crippen LogP contribution in [0.25, 0.3) is 21.9 Å². The number of pyridine rings is 1. The fourth-order valence-corrected chi connectivity index (χ4v) is 4.13. The predicted octanol–water partition coefficient (Wildman–Crippen LogP) is 5.93. The second-order valence-electron chi connectivity index (χ2n) is 8.85. The maximum Gasteiger partial charge on any atom is 0.228 e. The van der Waals surface area contributed by atoms with Crippen LogP contribution in [0.2, 0.25) is 0 Å². The Morgan fingerprint density at radius 1 is 1.00 bits per heavy atom. The molecule has 0 atom stereocenters. The minimum Gasteiger partial charge on any atom is -0.310 e. The van der Waals surface area contributed by atoms with Crippen molar-refractivity contribution in [3.63, 3.8) is 0 Å². The molecule has 2 fully saturated rings. The number of amides is 1. The minimum absolute atomic E-state index is 0.0671. The van der Waals surface area contributed by atoms with Gasteiger partial charge < -0.3 is 5.32 Å². The van der Waals surface area contributed by atoms with Crippen LogP contribution in [0.4, 0.5) is 5.82 Å². The van der Waals surface area contributed by atoms with Crippen LogP contribution in [0.3, 0.4) is 0 Å². The average Bonchev–Trinajstić information content (AvgIpc) is 3.56. The van der Waals surface area contributed by atoms with E-state index in [1.807, 2.05) is 30.5 Å². The summed E-state index contributed by atoms with van der Waals surface area (Å²) in [4.78, 5) is 29.1. The second-order valence-corrected chi connectivity index (χ2v) is 8.85. The molecular formula is C26H26N2O2. The smallest absolute Gasteiger partial charge is 0.228 e. The summed E-state index contributed by atoms with van der Waals surface area (Å²) in [6.45, 7) is 2.08. The minimum atomic E-state index is 0.0671. The Morgan fingerprint density at radius 3 is 2.57 bits per heavy atom. The highest BCUT2D eigenvalue weighted by Crippen LogP contribution is 2.33. The number of fused-ring (bicyclic) bond motifs is 1. The molecule has 0 saturated heterocycles. The third-order valence-corrected chi connectivity index (χ3v) is 6.49. The van der Waals surface area contributed by atoms with Gasteiger partial charge in [-0.1, -0.05) is 43.5 Å². The number of hydrogen-bond acceptors (Lipinski definition) is 3. The van der Waals surface area contributed by atoms with Crippen LogP contribution in [-0.2, 0) is 4.79 Å². The molecule has 4 nitrogen and oxygen atoms in total. The summed E-state index contributed by atoms with van der Waals surface area (Å²) in [5, 5.41) is 4.96. The van der Waals surface area contributed by atoms with Crippen molar-refractivity contribution < 1.29 is 9.59 Å². The van der Waals surface area contributed by atoms with Crippen LogP contribution in [0.15, 0.2) is 48.7 Å². The molecule has 0 aliphatic heterocycles. The highest BCUT2D eigenvalue weighted by atomic mass is 16.2. The number of Topliss-reactive ketones (excluding diaryl/α,β-unsaturated/α-hetero) is 1. The van der Waals surface area contributed by atoms with Crippen LogP contribution >= 0.6 is 0 Å². The molecule has 2 aromatic carbocycles. The third-order valence-electron chi connectivity index (χ3n) is 6.49. The number of carbonyl (C=O) groups excluding carboxylic acids is 2. The van der Waals surface area contributed by atoms with Gasteiger partial charge in [-0.3, -0.25) is 9.59 Å². The quantitative estimate of drug-likeness (QED) is 0.523. The molecule has 2 aliphatic carbocycles. The Bertz CT molecular complexity index is 1140. The normalized spacial score (nSPS) is 16.3. The molecule has 0 spiro atoms. The number of nitrogens with one attached hydrogen (secondary N) is 1. The van der Waals surface area contributed by atoms with E-state index in [-0.39, 0.29) is 17.6 Å². The van der Waals surface area contributed by atoms with E-state index in [0.29, 0.717) is 18.2 Å². The fourth-order valence-electron chi connectivity index (χ4n) is 4.13. The number of aryl methyl sites for hydroxylation is 1. The maximum absolute atomic E-state index is 12.7. The first-order chi connectivity index (χ1) is 14.6. The van der Waals surface area contributed by atoms with Crippen molar-refractivity contribution in [2.45, 2.75) is 45.4 Å². The summed E-state index contributed by atoms with van der Waals surface area (Å²) >= 11 is 0. The lowest BCUT2D eigenvalue weighted by Gasteiger charge is -2.24. The first-order valence-corrected chi connectivity index (χ1v) is 10.9. The Hall–Kier alpha value is -3.01. The standard InChI is InChI=1S/C26H26N2O2/c1-16-5-6-21(24(29)11-17-3-2-4-17)13-23(16)20-10-9-19-14-25(27-15-22(19)12-20)28-26(30)18-7-8-18/h5-6,9-10,12-15,17-18H,2-4,7-8,11H2,1H3,(H,27,28,30). The largest absolute Gasteiger partial charge is 0.310 e. The molecule has 152 valence electrons. The van der Waals surface area contributed by atoms with Crippen LogP contribution < -0.4 is 5.32 Å². The Kier molecular flexibility index (Phi) is 4.86. The van der Waals surface area contributed by atoms with Crippen LogP contribution in [0.5, 0.6) is 0 Å². The van der Waals surface area contributed by atoms with E-state index >= 15 is 0 Å². The van der Waals surface area contributed by atoms with Crippen molar-refractivity contribution in [1.29, 1.82) is 0 Å². The highest BCUT2D eigenvalue weighted by molar-refractivity contribution is 5.98. The van der Waals surface area contributed by atoms with E-state index in [1.54, 1.807) is 0 Å². The van der Waals surface area contributed by atoms with Gasteiger partial charge in [0.15, 0.2) is 5.78 Å². The fraction of sp³-hybridized carbons (Fsp3) is 0.346.